The average molecular weight is 165 g/mol. The van der Waals surface area contributed by atoms with Crippen LogP contribution in [0.4, 0.5) is 0 Å². The summed E-state index contributed by atoms with van der Waals surface area (Å²) in [7, 11) is -3.17. The molecule has 4 heteroatoms. The molecule has 1 atom stereocenters. The molecule has 0 rings (SSSR count). The van der Waals surface area contributed by atoms with Crippen molar-refractivity contribution in [2.45, 2.75) is 27.2 Å². The molecule has 0 saturated heterocycles. The molecule has 0 spiro atoms. The highest BCUT2D eigenvalue weighted by atomic mass is 32.2. The lowest BCUT2D eigenvalue weighted by molar-refractivity contribution is 0.513. The molecule has 1 unspecified atom stereocenters. The average Bonchev–Trinajstić information content (AvgIpc) is 1.60. The first-order chi connectivity index (χ1) is 4.27. The second-order valence-corrected chi connectivity index (χ2v) is 4.54. The summed E-state index contributed by atoms with van der Waals surface area (Å²) in [5.74, 6) is 0. The van der Waals surface area contributed by atoms with Crippen molar-refractivity contribution in [3.8, 4) is 0 Å². The zero-order valence-corrected chi connectivity index (χ0v) is 7.44. The zero-order valence-electron chi connectivity index (χ0n) is 6.63. The van der Waals surface area contributed by atoms with Crippen molar-refractivity contribution in [1.29, 1.82) is 0 Å². The lowest BCUT2D eigenvalue weighted by atomic mass is 9.94. The van der Waals surface area contributed by atoms with Crippen molar-refractivity contribution in [2.24, 2.45) is 10.6 Å². The summed E-state index contributed by atoms with van der Waals surface area (Å²) in [6.07, 6.45) is 0.807. The molecule has 0 aromatic heterocycles. The minimum atomic E-state index is -3.17. The first-order valence-electron chi connectivity index (χ1n) is 3.17. The first kappa shape index (κ1) is 9.94. The van der Waals surface area contributed by atoms with Gasteiger partial charge in [0.05, 0.1) is 0 Å². The van der Waals surface area contributed by atoms with Crippen LogP contribution in [0.3, 0.4) is 0 Å². The quantitative estimate of drug-likeness (QED) is 0.596. The molecule has 3 N–H and O–H groups in total. The summed E-state index contributed by atoms with van der Waals surface area (Å²) in [4.78, 5) is 0. The summed E-state index contributed by atoms with van der Waals surface area (Å²) >= 11 is 0. The molecule has 0 aliphatic rings. The Balaban J connectivity index is 4.57. The number of hydrogen-bond donors (Lipinski definition) is 2. The molecule has 0 saturated carbocycles. The lowest BCUT2D eigenvalue weighted by Gasteiger charge is -2.16. The van der Waals surface area contributed by atoms with Crippen molar-refractivity contribution in [2.75, 3.05) is 0 Å². The molecule has 0 amide bonds. The van der Waals surface area contributed by atoms with Crippen LogP contribution in [0, 0.1) is 5.41 Å². The van der Waals surface area contributed by atoms with E-state index in [-0.39, 0.29) is 5.41 Å². The van der Waals surface area contributed by atoms with Crippen molar-refractivity contribution in [3.05, 3.63) is 0 Å². The Morgan fingerprint density at radius 1 is 1.70 bits per heavy atom. The fourth-order valence-electron chi connectivity index (χ4n) is 0.540. The monoisotopic (exact) mass is 165 g/mol. The Labute approximate surface area is 62.6 Å². The minimum Gasteiger partial charge on any atom is -0.303 e. The van der Waals surface area contributed by atoms with Gasteiger partial charge in [0.15, 0.2) is 0 Å². The predicted molar refractivity (Wildman–Crippen MR) is 45.1 cm³/mol. The van der Waals surface area contributed by atoms with Gasteiger partial charge in [-0.15, -0.1) is 0 Å². The van der Waals surface area contributed by atoms with E-state index in [9.17, 15) is 4.21 Å². The Morgan fingerprint density at radius 2 is 2.10 bits per heavy atom. The third-order valence-electron chi connectivity index (χ3n) is 1.40. The van der Waals surface area contributed by atoms with Crippen molar-refractivity contribution in [1.82, 2.24) is 0 Å². The van der Waals surface area contributed by atoms with Gasteiger partial charge in [-0.1, -0.05) is 20.8 Å². The molecule has 0 heterocycles. The van der Waals surface area contributed by atoms with Gasteiger partial charge in [0.1, 0.15) is 9.99 Å². The summed E-state index contributed by atoms with van der Waals surface area (Å²) in [6.45, 7) is 5.69. The van der Waals surface area contributed by atoms with E-state index in [1.807, 2.05) is 20.8 Å². The first-order valence-corrected chi connectivity index (χ1v) is 4.81. The highest BCUT2D eigenvalue weighted by Crippen LogP contribution is 2.16. The molecule has 62 valence electrons. The summed E-state index contributed by atoms with van der Waals surface area (Å²) in [5.41, 5.74) is -0.249. The van der Waals surface area contributed by atoms with Crippen molar-refractivity contribution >= 4 is 15.4 Å². The van der Waals surface area contributed by atoms with E-state index in [0.29, 0.717) is 0 Å². The molecule has 3 nitrogen and oxygen atoms in total. The van der Waals surface area contributed by atoms with E-state index in [1.54, 1.807) is 0 Å². The van der Waals surface area contributed by atoms with Gasteiger partial charge in [-0.3, -0.25) is 0 Å². The van der Waals surface area contributed by atoms with Gasteiger partial charge in [-0.05, 0) is 11.8 Å². The van der Waals surface area contributed by atoms with Crippen LogP contribution in [0.5, 0.6) is 0 Å². The summed E-state index contributed by atoms with van der Waals surface area (Å²) < 4.78 is 19.4. The maximum atomic E-state index is 10.6. The van der Waals surface area contributed by atoms with Crippen LogP contribution in [0.15, 0.2) is 0 Å². The van der Waals surface area contributed by atoms with Crippen LogP contribution in [-0.4, -0.2) is 14.1 Å². The van der Waals surface area contributed by atoms with Gasteiger partial charge in [-0.2, -0.15) is 0 Å². The molecule has 0 bridgehead atoms. The molecule has 0 fully saturated rings. The molecule has 0 aromatic carbocycles. The van der Waals surface area contributed by atoms with Gasteiger partial charge in [0.25, 0.3) is 0 Å². The van der Waals surface area contributed by atoms with Crippen LogP contribution in [0.25, 0.3) is 0 Å². The second-order valence-electron chi connectivity index (χ2n) is 3.07. The molecule has 10 heavy (non-hydrogen) atoms. The Kier molecular flexibility index (Phi) is 2.88. The number of hydrogen-bond acceptors (Lipinski definition) is 1. The minimum absolute atomic E-state index is 0.249. The maximum Gasteiger partial charge on any atom is 0.139 e. The second kappa shape index (κ2) is 2.90. The smallest absolute Gasteiger partial charge is 0.139 e. The van der Waals surface area contributed by atoms with E-state index in [0.717, 1.165) is 6.42 Å². The van der Waals surface area contributed by atoms with Gasteiger partial charge in [-0.25, -0.2) is 9.35 Å². The fraction of sp³-hybridized carbons (Fsp3) is 0.833. The highest BCUT2D eigenvalue weighted by molar-refractivity contribution is 7.94. The predicted octanol–water partition coefficient (Wildman–Crippen LogP) is 0.856. The molecule has 0 radical (unpaired) electrons. The third-order valence-corrected chi connectivity index (χ3v) is 2.37. The van der Waals surface area contributed by atoms with Crippen LogP contribution in [0.1, 0.15) is 27.2 Å². The topological polar surface area (TPSA) is 63.3 Å². The Morgan fingerprint density at radius 3 is 2.20 bits per heavy atom. The van der Waals surface area contributed by atoms with E-state index >= 15 is 0 Å². The molecular formula is C6H15NO2S. The molecule has 0 aliphatic carbocycles. The SMILES string of the molecule is CCC(C)(C)C=S(N)(=O)O. The third kappa shape index (κ3) is 4.78. The summed E-state index contributed by atoms with van der Waals surface area (Å²) in [5, 5.41) is 6.22. The summed E-state index contributed by atoms with van der Waals surface area (Å²) in [6, 6.07) is 0. The maximum absolute atomic E-state index is 10.6. The van der Waals surface area contributed by atoms with Gasteiger partial charge >= 0.3 is 0 Å². The van der Waals surface area contributed by atoms with Crippen molar-refractivity contribution < 1.29 is 8.76 Å². The lowest BCUT2D eigenvalue weighted by Crippen LogP contribution is -2.23. The van der Waals surface area contributed by atoms with E-state index in [1.165, 1.54) is 5.37 Å². The van der Waals surface area contributed by atoms with Gasteiger partial charge in [0.2, 0.25) is 0 Å². The van der Waals surface area contributed by atoms with Crippen LogP contribution in [-0.2, 0) is 9.99 Å². The Bertz CT molecular complexity index is 206. The van der Waals surface area contributed by atoms with Gasteiger partial charge < -0.3 is 4.55 Å². The molecule has 0 aromatic rings. The van der Waals surface area contributed by atoms with E-state index < -0.39 is 9.99 Å². The zero-order chi connectivity index (χ0) is 8.41. The van der Waals surface area contributed by atoms with Crippen molar-refractivity contribution in [3.63, 3.8) is 0 Å². The van der Waals surface area contributed by atoms with Crippen LogP contribution >= 0.6 is 0 Å². The standard InChI is InChI=1S/C6H15NO2S/c1-4-6(2,3)5-10(7,8)9/h5H,4H2,1-3H3,(H3,7,8,9). The number of rotatable bonds is 2. The van der Waals surface area contributed by atoms with Gasteiger partial charge in [0, 0.05) is 5.37 Å². The largest absolute Gasteiger partial charge is 0.303 e. The molecular weight excluding hydrogens is 150 g/mol. The Hall–Kier alpha value is -0.0600. The van der Waals surface area contributed by atoms with Crippen LogP contribution in [0.2, 0.25) is 0 Å². The highest BCUT2D eigenvalue weighted by Gasteiger charge is 2.13. The molecule has 0 aliphatic heterocycles. The fourth-order valence-corrected chi connectivity index (χ4v) is 1.62. The van der Waals surface area contributed by atoms with E-state index in [2.05, 4.69) is 0 Å². The normalized spacial score (nSPS) is 18.1. The van der Waals surface area contributed by atoms with Crippen LogP contribution < -0.4 is 5.14 Å². The number of nitrogens with two attached hydrogens (primary N) is 1. The van der Waals surface area contributed by atoms with E-state index in [4.69, 9.17) is 9.69 Å².